The molecular weight excluding hydrogens is 279 g/mol. The SMILES string of the molecule is CC(C)C[C@H](c1cccc(F)c1O)N1CCNCC1.Cl. The van der Waals surface area contributed by atoms with E-state index in [9.17, 15) is 9.50 Å². The Morgan fingerprint density at radius 2 is 1.95 bits per heavy atom. The summed E-state index contributed by atoms with van der Waals surface area (Å²) in [6, 6.07) is 4.92. The minimum atomic E-state index is -0.526. The summed E-state index contributed by atoms with van der Waals surface area (Å²) in [5.41, 5.74) is 0.718. The summed E-state index contributed by atoms with van der Waals surface area (Å²) in [5.74, 6) is -0.212. The van der Waals surface area contributed by atoms with E-state index < -0.39 is 5.82 Å². The van der Waals surface area contributed by atoms with Crippen LogP contribution in [0.4, 0.5) is 4.39 Å². The lowest BCUT2D eigenvalue weighted by Gasteiger charge is -2.36. The van der Waals surface area contributed by atoms with Gasteiger partial charge in [0.2, 0.25) is 0 Å². The highest BCUT2D eigenvalue weighted by Crippen LogP contribution is 2.34. The van der Waals surface area contributed by atoms with Crippen LogP contribution in [0.1, 0.15) is 31.9 Å². The van der Waals surface area contributed by atoms with E-state index in [1.165, 1.54) is 6.07 Å². The Morgan fingerprint density at radius 3 is 2.55 bits per heavy atom. The van der Waals surface area contributed by atoms with Crippen molar-refractivity contribution >= 4 is 12.4 Å². The molecule has 2 rings (SSSR count). The summed E-state index contributed by atoms with van der Waals surface area (Å²) in [6.45, 7) is 8.09. The van der Waals surface area contributed by atoms with Crippen molar-refractivity contribution in [1.29, 1.82) is 0 Å². The zero-order valence-corrected chi connectivity index (χ0v) is 12.9. The smallest absolute Gasteiger partial charge is 0.165 e. The average molecular weight is 303 g/mol. The van der Waals surface area contributed by atoms with E-state index in [2.05, 4.69) is 24.1 Å². The van der Waals surface area contributed by atoms with Gasteiger partial charge in [-0.25, -0.2) is 4.39 Å². The third-order valence-electron chi connectivity index (χ3n) is 3.66. The minimum Gasteiger partial charge on any atom is -0.505 e. The van der Waals surface area contributed by atoms with Gasteiger partial charge in [-0.1, -0.05) is 26.0 Å². The highest BCUT2D eigenvalue weighted by atomic mass is 35.5. The van der Waals surface area contributed by atoms with E-state index in [0.29, 0.717) is 5.92 Å². The molecule has 0 saturated carbocycles. The average Bonchev–Trinajstić information content (AvgIpc) is 2.40. The predicted octanol–water partition coefficient (Wildman–Crippen LogP) is 2.95. The number of nitrogens with zero attached hydrogens (tertiary/aromatic N) is 1. The number of halogens is 2. The fourth-order valence-corrected chi connectivity index (χ4v) is 2.71. The molecule has 0 amide bonds. The molecule has 1 aromatic rings. The summed E-state index contributed by atoms with van der Waals surface area (Å²) in [5, 5.41) is 13.3. The summed E-state index contributed by atoms with van der Waals surface area (Å²) < 4.78 is 13.6. The lowest BCUT2D eigenvalue weighted by Crippen LogP contribution is -2.45. The Hall–Kier alpha value is -0.840. The molecular formula is C15H24ClFN2O. The van der Waals surface area contributed by atoms with Gasteiger partial charge >= 0.3 is 0 Å². The largest absolute Gasteiger partial charge is 0.505 e. The Labute approximate surface area is 126 Å². The van der Waals surface area contributed by atoms with Gasteiger partial charge in [0.15, 0.2) is 11.6 Å². The zero-order chi connectivity index (χ0) is 13.8. The van der Waals surface area contributed by atoms with Gasteiger partial charge in [-0.05, 0) is 18.4 Å². The van der Waals surface area contributed by atoms with Gasteiger partial charge in [0.05, 0.1) is 0 Å². The number of benzene rings is 1. The molecule has 114 valence electrons. The summed E-state index contributed by atoms with van der Waals surface area (Å²) in [4.78, 5) is 2.34. The van der Waals surface area contributed by atoms with Crippen molar-refractivity contribution in [1.82, 2.24) is 10.2 Å². The number of nitrogens with one attached hydrogen (secondary N) is 1. The highest BCUT2D eigenvalue weighted by Gasteiger charge is 2.26. The number of aromatic hydroxyl groups is 1. The zero-order valence-electron chi connectivity index (χ0n) is 12.1. The second-order valence-corrected chi connectivity index (χ2v) is 5.61. The molecule has 0 bridgehead atoms. The van der Waals surface area contributed by atoms with Crippen molar-refractivity contribution in [3.8, 4) is 5.75 Å². The van der Waals surface area contributed by atoms with Gasteiger partial charge in [-0.15, -0.1) is 12.4 Å². The molecule has 20 heavy (non-hydrogen) atoms. The highest BCUT2D eigenvalue weighted by molar-refractivity contribution is 5.85. The lowest BCUT2D eigenvalue weighted by atomic mass is 9.94. The molecule has 3 nitrogen and oxygen atoms in total. The maximum absolute atomic E-state index is 13.6. The fourth-order valence-electron chi connectivity index (χ4n) is 2.71. The molecule has 1 aliphatic rings. The van der Waals surface area contributed by atoms with Crippen LogP contribution in [0.3, 0.4) is 0 Å². The van der Waals surface area contributed by atoms with E-state index in [4.69, 9.17) is 0 Å². The van der Waals surface area contributed by atoms with E-state index >= 15 is 0 Å². The van der Waals surface area contributed by atoms with Crippen LogP contribution in [0, 0.1) is 11.7 Å². The maximum Gasteiger partial charge on any atom is 0.165 e. The number of rotatable bonds is 4. The first-order chi connectivity index (χ1) is 9.09. The molecule has 2 N–H and O–H groups in total. The van der Waals surface area contributed by atoms with Crippen LogP contribution in [0.2, 0.25) is 0 Å². The van der Waals surface area contributed by atoms with Crippen molar-refractivity contribution < 1.29 is 9.50 Å². The number of para-hydroxylation sites is 1. The van der Waals surface area contributed by atoms with Crippen LogP contribution < -0.4 is 5.32 Å². The summed E-state index contributed by atoms with van der Waals surface area (Å²) in [6.07, 6.45) is 0.928. The van der Waals surface area contributed by atoms with Gasteiger partial charge in [-0.2, -0.15) is 0 Å². The number of phenols is 1. The van der Waals surface area contributed by atoms with Crippen molar-refractivity contribution in [2.24, 2.45) is 5.92 Å². The molecule has 0 aromatic heterocycles. The summed E-state index contributed by atoms with van der Waals surface area (Å²) >= 11 is 0. The molecule has 0 radical (unpaired) electrons. The molecule has 1 fully saturated rings. The van der Waals surface area contributed by atoms with E-state index in [0.717, 1.165) is 38.2 Å². The van der Waals surface area contributed by atoms with Crippen LogP contribution in [0.25, 0.3) is 0 Å². The second-order valence-electron chi connectivity index (χ2n) is 5.61. The molecule has 1 aromatic carbocycles. The van der Waals surface area contributed by atoms with Gasteiger partial charge in [0.25, 0.3) is 0 Å². The number of piperazine rings is 1. The van der Waals surface area contributed by atoms with Gasteiger partial charge in [0, 0.05) is 37.8 Å². The first kappa shape index (κ1) is 17.2. The quantitative estimate of drug-likeness (QED) is 0.897. The van der Waals surface area contributed by atoms with Gasteiger partial charge in [0.1, 0.15) is 0 Å². The molecule has 1 atom stereocenters. The topological polar surface area (TPSA) is 35.5 Å². The molecule has 0 spiro atoms. The Bertz CT molecular complexity index is 422. The number of hydrogen-bond donors (Lipinski definition) is 2. The number of phenolic OH excluding ortho intramolecular Hbond substituents is 1. The Balaban J connectivity index is 0.00000200. The van der Waals surface area contributed by atoms with E-state index in [1.54, 1.807) is 6.07 Å². The van der Waals surface area contributed by atoms with Gasteiger partial charge in [-0.3, -0.25) is 4.90 Å². The first-order valence-corrected chi connectivity index (χ1v) is 7.01. The molecule has 5 heteroatoms. The third kappa shape index (κ3) is 4.08. The van der Waals surface area contributed by atoms with Crippen molar-refractivity contribution in [2.75, 3.05) is 26.2 Å². The molecule has 0 aliphatic carbocycles. The van der Waals surface area contributed by atoms with Gasteiger partial charge < -0.3 is 10.4 Å². The lowest BCUT2D eigenvalue weighted by molar-refractivity contribution is 0.151. The van der Waals surface area contributed by atoms with Crippen LogP contribution >= 0.6 is 12.4 Å². The normalized spacial score (nSPS) is 17.8. The Morgan fingerprint density at radius 1 is 1.30 bits per heavy atom. The van der Waals surface area contributed by atoms with Crippen LogP contribution in [0.15, 0.2) is 18.2 Å². The Kier molecular flexibility index (Phi) is 6.72. The first-order valence-electron chi connectivity index (χ1n) is 7.01. The standard InChI is InChI=1S/C15H23FN2O.ClH/c1-11(2)10-14(18-8-6-17-7-9-18)12-4-3-5-13(16)15(12)19;/h3-5,11,14,17,19H,6-10H2,1-2H3;1H/t14-;/m1./s1. The van der Waals surface area contributed by atoms with E-state index in [-0.39, 0.29) is 24.2 Å². The van der Waals surface area contributed by atoms with Crippen molar-refractivity contribution in [3.63, 3.8) is 0 Å². The monoisotopic (exact) mass is 302 g/mol. The maximum atomic E-state index is 13.6. The fraction of sp³-hybridized carbons (Fsp3) is 0.600. The van der Waals surface area contributed by atoms with Crippen molar-refractivity contribution in [2.45, 2.75) is 26.3 Å². The van der Waals surface area contributed by atoms with Crippen LogP contribution in [-0.2, 0) is 0 Å². The van der Waals surface area contributed by atoms with Crippen molar-refractivity contribution in [3.05, 3.63) is 29.6 Å². The number of hydrogen-bond acceptors (Lipinski definition) is 3. The second kappa shape index (κ2) is 7.81. The molecule has 1 saturated heterocycles. The summed E-state index contributed by atoms with van der Waals surface area (Å²) in [7, 11) is 0. The predicted molar refractivity (Wildman–Crippen MR) is 82.0 cm³/mol. The molecule has 0 unspecified atom stereocenters. The van der Waals surface area contributed by atoms with E-state index in [1.807, 2.05) is 6.07 Å². The molecule has 1 heterocycles. The minimum absolute atomic E-state index is 0. The third-order valence-corrected chi connectivity index (χ3v) is 3.66. The van der Waals surface area contributed by atoms with Crippen LogP contribution in [-0.4, -0.2) is 36.2 Å². The van der Waals surface area contributed by atoms with Crippen LogP contribution in [0.5, 0.6) is 5.75 Å². The molecule has 1 aliphatic heterocycles.